The number of para-hydroxylation sites is 1. The second-order valence-electron chi connectivity index (χ2n) is 8.36. The van der Waals surface area contributed by atoms with Crippen molar-refractivity contribution >= 4 is 30.4 Å². The van der Waals surface area contributed by atoms with Crippen LogP contribution in [0.3, 0.4) is 0 Å². The normalized spacial score (nSPS) is 24.7. The second-order valence-corrected chi connectivity index (χ2v) is 9.39. The molecule has 3 aliphatic heterocycles. The van der Waals surface area contributed by atoms with E-state index in [4.69, 9.17) is 24.0 Å². The van der Waals surface area contributed by atoms with Gasteiger partial charge in [0.25, 0.3) is 0 Å². The van der Waals surface area contributed by atoms with E-state index in [1.165, 1.54) is 23.1 Å². The number of ether oxygens (including phenoxy) is 1. The first-order valence-electron chi connectivity index (χ1n) is 10.7. The van der Waals surface area contributed by atoms with Crippen molar-refractivity contribution in [1.29, 1.82) is 0 Å². The molecule has 0 radical (unpaired) electrons. The van der Waals surface area contributed by atoms with Gasteiger partial charge in [0.05, 0.1) is 18.2 Å². The van der Waals surface area contributed by atoms with Crippen LogP contribution in [0, 0.1) is 5.41 Å². The van der Waals surface area contributed by atoms with E-state index in [1.807, 2.05) is 6.92 Å². The van der Waals surface area contributed by atoms with Crippen molar-refractivity contribution in [1.82, 2.24) is 9.47 Å². The molecule has 2 atom stereocenters. The predicted molar refractivity (Wildman–Crippen MR) is 117 cm³/mol. The monoisotopic (exact) mass is 448 g/mol. The minimum absolute atomic E-state index is 0.0416. The average Bonchev–Trinajstić information content (AvgIpc) is 3.06. The molecule has 0 amide bonds. The molecule has 31 heavy (non-hydrogen) atoms. The third kappa shape index (κ3) is 3.88. The molecule has 1 aromatic heterocycles. The minimum atomic E-state index is -4.64. The summed E-state index contributed by atoms with van der Waals surface area (Å²) in [5.74, 6) is -0.190. The molecule has 1 aromatic carbocycles. The van der Waals surface area contributed by atoms with Crippen LogP contribution in [0.1, 0.15) is 50.4 Å². The molecule has 2 aromatic rings. The molecule has 0 bridgehead atoms. The van der Waals surface area contributed by atoms with E-state index in [-0.39, 0.29) is 11.4 Å². The molecule has 168 valence electrons. The maximum atomic E-state index is 12.9. The molecular weight excluding hydrogens is 419 g/mol. The van der Waals surface area contributed by atoms with E-state index in [0.29, 0.717) is 12.6 Å². The molecule has 9 heteroatoms. The van der Waals surface area contributed by atoms with Crippen molar-refractivity contribution in [2.45, 2.75) is 45.6 Å². The van der Waals surface area contributed by atoms with Crippen LogP contribution in [0.4, 0.5) is 0 Å². The first-order valence-corrected chi connectivity index (χ1v) is 12.3. The number of piperidine rings is 1. The summed E-state index contributed by atoms with van der Waals surface area (Å²) < 4.78 is 16.6. The highest BCUT2D eigenvalue weighted by atomic mass is 31.2. The molecule has 0 aliphatic carbocycles. The Morgan fingerprint density at radius 3 is 2.61 bits per heavy atom. The van der Waals surface area contributed by atoms with Crippen molar-refractivity contribution in [2.75, 3.05) is 19.7 Å². The molecule has 3 aliphatic rings. The van der Waals surface area contributed by atoms with Gasteiger partial charge in [-0.05, 0) is 56.9 Å². The van der Waals surface area contributed by atoms with Crippen LogP contribution in [-0.4, -0.2) is 49.8 Å². The zero-order valence-corrected chi connectivity index (χ0v) is 18.7. The van der Waals surface area contributed by atoms with E-state index < -0.39 is 7.82 Å². The third-order valence-corrected chi connectivity index (χ3v) is 6.73. The Morgan fingerprint density at radius 1 is 1.23 bits per heavy atom. The van der Waals surface area contributed by atoms with Crippen LogP contribution < -0.4 is 0 Å². The number of carbonyl (C=O) groups is 1. The van der Waals surface area contributed by atoms with Gasteiger partial charge in [-0.1, -0.05) is 25.1 Å². The van der Waals surface area contributed by atoms with Crippen molar-refractivity contribution < 1.29 is 28.8 Å². The zero-order valence-electron chi connectivity index (χ0n) is 17.8. The largest absolute Gasteiger partial charge is 0.466 e. The van der Waals surface area contributed by atoms with E-state index in [9.17, 15) is 4.79 Å². The average molecular weight is 448 g/mol. The smallest absolute Gasteiger partial charge is 0.461 e. The molecule has 0 unspecified atom stereocenters. The lowest BCUT2D eigenvalue weighted by molar-refractivity contribution is -0.136. The molecule has 4 heterocycles. The molecular formula is C22H29N2O6P. The summed E-state index contributed by atoms with van der Waals surface area (Å²) >= 11 is 0. The van der Waals surface area contributed by atoms with Gasteiger partial charge in [-0.15, -0.1) is 0 Å². The van der Waals surface area contributed by atoms with E-state index in [2.05, 4.69) is 46.7 Å². The third-order valence-electron chi connectivity index (χ3n) is 6.73. The minimum Gasteiger partial charge on any atom is -0.461 e. The Kier molecular flexibility index (Phi) is 5.87. The number of hydrogen-bond donors (Lipinski definition) is 3. The van der Waals surface area contributed by atoms with Crippen LogP contribution in [-0.2, 0) is 20.5 Å². The number of rotatable bonds is 3. The maximum absolute atomic E-state index is 12.9. The van der Waals surface area contributed by atoms with Gasteiger partial charge < -0.3 is 24.0 Å². The highest BCUT2D eigenvalue weighted by molar-refractivity contribution is 7.45. The molecule has 3 N–H and O–H groups in total. The second kappa shape index (κ2) is 8.19. The number of carbonyl (C=O) groups excluding carboxylic acids is 1. The molecule has 0 spiro atoms. The van der Waals surface area contributed by atoms with Crippen molar-refractivity contribution in [2.24, 2.45) is 5.41 Å². The first-order chi connectivity index (χ1) is 14.7. The SMILES string of the molecule is CCOC(=O)C1=C[C@]2(CC)CCCN3CCc4c(n1c1ccccc41)[C@@H]32.O=P(O)(O)O. The number of benzene rings is 1. The number of aromatic nitrogens is 1. The summed E-state index contributed by atoms with van der Waals surface area (Å²) in [6.45, 7) is 6.85. The lowest BCUT2D eigenvalue weighted by Crippen LogP contribution is -2.51. The molecule has 1 fully saturated rings. The van der Waals surface area contributed by atoms with Crippen LogP contribution in [0.2, 0.25) is 0 Å². The van der Waals surface area contributed by atoms with Crippen LogP contribution in [0.5, 0.6) is 0 Å². The lowest BCUT2D eigenvalue weighted by Gasteiger charge is -2.53. The standard InChI is InChI=1S/C22H26N2O2.H3O4P/c1-3-22-11-7-12-23-13-10-16-15-8-5-6-9-17(15)24(19(16)20(22)23)18(14-22)21(25)26-4-2;1-5(2,3)4/h5-6,8-9,14,20H,3-4,7,10-13H2,1-2H3;(H3,1,2,3,4)/t20-,22+;/m1./s1. The van der Waals surface area contributed by atoms with Crippen molar-refractivity contribution in [3.63, 3.8) is 0 Å². The highest BCUT2D eigenvalue weighted by Gasteiger charge is 2.51. The van der Waals surface area contributed by atoms with Gasteiger partial charge in [0, 0.05) is 23.0 Å². The highest BCUT2D eigenvalue weighted by Crippen LogP contribution is 2.57. The summed E-state index contributed by atoms with van der Waals surface area (Å²) in [4.78, 5) is 37.1. The zero-order chi connectivity index (χ0) is 22.4. The molecule has 0 saturated carbocycles. The van der Waals surface area contributed by atoms with Crippen LogP contribution in [0.25, 0.3) is 16.6 Å². The summed E-state index contributed by atoms with van der Waals surface area (Å²) in [5, 5.41) is 1.30. The summed E-state index contributed by atoms with van der Waals surface area (Å²) in [6.07, 6.45) is 6.73. The summed E-state index contributed by atoms with van der Waals surface area (Å²) in [6, 6.07) is 8.92. The van der Waals surface area contributed by atoms with Gasteiger partial charge in [-0.3, -0.25) is 4.90 Å². The number of esters is 1. The fraction of sp³-hybridized carbons (Fsp3) is 0.500. The fourth-order valence-corrected chi connectivity index (χ4v) is 5.63. The lowest BCUT2D eigenvalue weighted by atomic mass is 9.66. The number of hydrogen-bond acceptors (Lipinski definition) is 4. The molecule has 5 rings (SSSR count). The Labute approximate surface area is 181 Å². The molecule has 8 nitrogen and oxygen atoms in total. The summed E-state index contributed by atoms with van der Waals surface area (Å²) in [7, 11) is -4.64. The number of phosphoric acid groups is 1. The van der Waals surface area contributed by atoms with Crippen LogP contribution in [0.15, 0.2) is 30.3 Å². The summed E-state index contributed by atoms with van der Waals surface area (Å²) in [5.41, 5.74) is 4.71. The predicted octanol–water partition coefficient (Wildman–Crippen LogP) is 3.22. The van der Waals surface area contributed by atoms with E-state index in [1.54, 1.807) is 0 Å². The van der Waals surface area contributed by atoms with Crippen LogP contribution >= 0.6 is 7.82 Å². The van der Waals surface area contributed by atoms with Gasteiger partial charge in [0.1, 0.15) is 5.70 Å². The Hall–Kier alpha value is -1.96. The Bertz CT molecular complexity index is 1080. The first kappa shape index (κ1) is 22.2. The fourth-order valence-electron chi connectivity index (χ4n) is 5.63. The molecule has 1 saturated heterocycles. The van der Waals surface area contributed by atoms with Crippen molar-refractivity contribution in [3.05, 3.63) is 41.6 Å². The maximum Gasteiger partial charge on any atom is 0.466 e. The number of fused-ring (bicyclic) bond motifs is 3. The number of nitrogens with zero attached hydrogens (tertiary/aromatic N) is 2. The van der Waals surface area contributed by atoms with Gasteiger partial charge in [-0.2, -0.15) is 0 Å². The van der Waals surface area contributed by atoms with E-state index in [0.717, 1.165) is 43.6 Å². The van der Waals surface area contributed by atoms with Gasteiger partial charge in [0.2, 0.25) is 0 Å². The van der Waals surface area contributed by atoms with Gasteiger partial charge in [0.15, 0.2) is 0 Å². The Balaban J connectivity index is 0.000000418. The van der Waals surface area contributed by atoms with E-state index >= 15 is 0 Å². The Morgan fingerprint density at radius 2 is 1.94 bits per heavy atom. The quantitative estimate of drug-likeness (QED) is 0.488. The van der Waals surface area contributed by atoms with Gasteiger partial charge >= 0.3 is 13.8 Å². The van der Waals surface area contributed by atoms with Gasteiger partial charge in [-0.25, -0.2) is 9.36 Å². The topological polar surface area (TPSA) is 112 Å². The van der Waals surface area contributed by atoms with Crippen molar-refractivity contribution in [3.8, 4) is 0 Å².